The lowest BCUT2D eigenvalue weighted by Crippen LogP contribution is -2.35. The van der Waals surface area contributed by atoms with Gasteiger partial charge in [0.15, 0.2) is 0 Å². The Kier molecular flexibility index (Phi) is 5.42. The number of methoxy groups -OCH3 is 1. The molecule has 2 heteroatoms. The predicted octanol–water partition coefficient (Wildman–Crippen LogP) is 4.34. The summed E-state index contributed by atoms with van der Waals surface area (Å²) in [5.41, 5.74) is 2.76. The Balaban J connectivity index is 2.76. The molecule has 0 bridgehead atoms. The van der Waals surface area contributed by atoms with Crippen molar-refractivity contribution >= 4 is 0 Å². The molecule has 1 N–H and O–H groups in total. The van der Waals surface area contributed by atoms with E-state index in [1.54, 1.807) is 7.11 Å². The van der Waals surface area contributed by atoms with Crippen LogP contribution in [0.25, 0.3) is 0 Å². The normalized spacial score (nSPS) is 13.7. The number of aryl methyl sites for hydroxylation is 1. The van der Waals surface area contributed by atoms with Crippen molar-refractivity contribution in [1.82, 2.24) is 5.32 Å². The van der Waals surface area contributed by atoms with Gasteiger partial charge in [0, 0.05) is 18.2 Å². The molecule has 0 heterocycles. The zero-order valence-corrected chi connectivity index (χ0v) is 13.5. The van der Waals surface area contributed by atoms with E-state index in [1.807, 2.05) is 0 Å². The van der Waals surface area contributed by atoms with E-state index < -0.39 is 0 Å². The standard InChI is InChI=1S/C17H29NO/c1-12(2)17(5,6)11-18-14(4)15-9-8-13(3)10-16(15)19-7/h8-10,12,14,18H,11H2,1-7H3. The van der Waals surface area contributed by atoms with Gasteiger partial charge in [0.2, 0.25) is 0 Å². The van der Waals surface area contributed by atoms with Gasteiger partial charge in [0.25, 0.3) is 0 Å². The second-order valence-corrected chi connectivity index (χ2v) is 6.49. The molecule has 1 rings (SSSR count). The third kappa shape index (κ3) is 4.24. The molecule has 0 amide bonds. The first-order chi connectivity index (χ1) is 8.77. The van der Waals surface area contributed by atoms with Gasteiger partial charge in [-0.2, -0.15) is 0 Å². The van der Waals surface area contributed by atoms with Crippen LogP contribution < -0.4 is 10.1 Å². The lowest BCUT2D eigenvalue weighted by molar-refractivity contribution is 0.230. The highest BCUT2D eigenvalue weighted by Gasteiger charge is 2.23. The van der Waals surface area contributed by atoms with Crippen molar-refractivity contribution in [2.45, 2.75) is 47.6 Å². The monoisotopic (exact) mass is 263 g/mol. The molecular weight excluding hydrogens is 234 g/mol. The van der Waals surface area contributed by atoms with E-state index in [0.29, 0.717) is 17.4 Å². The van der Waals surface area contributed by atoms with Crippen LogP contribution in [0.5, 0.6) is 5.75 Å². The van der Waals surface area contributed by atoms with Gasteiger partial charge >= 0.3 is 0 Å². The second kappa shape index (κ2) is 6.42. The van der Waals surface area contributed by atoms with E-state index in [2.05, 4.69) is 65.1 Å². The average molecular weight is 263 g/mol. The van der Waals surface area contributed by atoms with Gasteiger partial charge in [0.05, 0.1) is 7.11 Å². The first-order valence-corrected chi connectivity index (χ1v) is 7.16. The lowest BCUT2D eigenvalue weighted by Gasteiger charge is -2.31. The van der Waals surface area contributed by atoms with Crippen molar-refractivity contribution < 1.29 is 4.74 Å². The lowest BCUT2D eigenvalue weighted by atomic mass is 9.81. The zero-order chi connectivity index (χ0) is 14.6. The Bertz CT molecular complexity index is 410. The Hall–Kier alpha value is -1.02. The van der Waals surface area contributed by atoms with E-state index >= 15 is 0 Å². The fraction of sp³-hybridized carbons (Fsp3) is 0.647. The molecule has 0 saturated carbocycles. The summed E-state index contributed by atoms with van der Waals surface area (Å²) < 4.78 is 5.49. The van der Waals surface area contributed by atoms with Crippen molar-refractivity contribution in [2.75, 3.05) is 13.7 Å². The topological polar surface area (TPSA) is 21.3 Å². The van der Waals surface area contributed by atoms with Gasteiger partial charge in [0.1, 0.15) is 5.75 Å². The van der Waals surface area contributed by atoms with E-state index in [1.165, 1.54) is 11.1 Å². The zero-order valence-electron chi connectivity index (χ0n) is 13.5. The number of ether oxygens (including phenoxy) is 1. The first-order valence-electron chi connectivity index (χ1n) is 7.16. The fourth-order valence-corrected chi connectivity index (χ4v) is 1.91. The highest BCUT2D eigenvalue weighted by Crippen LogP contribution is 2.29. The van der Waals surface area contributed by atoms with Crippen LogP contribution in [0.2, 0.25) is 0 Å². The second-order valence-electron chi connectivity index (χ2n) is 6.49. The van der Waals surface area contributed by atoms with Crippen LogP contribution in [-0.4, -0.2) is 13.7 Å². The Morgan fingerprint density at radius 3 is 2.37 bits per heavy atom. The maximum atomic E-state index is 5.49. The van der Waals surface area contributed by atoms with Crippen LogP contribution in [0.4, 0.5) is 0 Å². The smallest absolute Gasteiger partial charge is 0.123 e. The maximum Gasteiger partial charge on any atom is 0.123 e. The summed E-state index contributed by atoms with van der Waals surface area (Å²) in [7, 11) is 1.74. The SMILES string of the molecule is COc1cc(C)ccc1C(C)NCC(C)(C)C(C)C. The van der Waals surface area contributed by atoms with Crippen molar-refractivity contribution in [3.05, 3.63) is 29.3 Å². The Morgan fingerprint density at radius 2 is 1.84 bits per heavy atom. The van der Waals surface area contributed by atoms with E-state index in [4.69, 9.17) is 4.74 Å². The van der Waals surface area contributed by atoms with Gasteiger partial charge in [-0.05, 0) is 36.8 Å². The molecular formula is C17H29NO. The molecule has 0 spiro atoms. The first kappa shape index (κ1) is 16.0. The molecule has 1 unspecified atom stereocenters. The quantitative estimate of drug-likeness (QED) is 0.824. The molecule has 2 nitrogen and oxygen atoms in total. The summed E-state index contributed by atoms with van der Waals surface area (Å²) in [6.45, 7) is 14.5. The highest BCUT2D eigenvalue weighted by molar-refractivity contribution is 5.39. The van der Waals surface area contributed by atoms with E-state index in [9.17, 15) is 0 Å². The minimum atomic E-state index is 0.298. The summed E-state index contributed by atoms with van der Waals surface area (Å²) >= 11 is 0. The van der Waals surface area contributed by atoms with Gasteiger partial charge in [-0.3, -0.25) is 0 Å². The molecule has 19 heavy (non-hydrogen) atoms. The van der Waals surface area contributed by atoms with Crippen LogP contribution in [0.15, 0.2) is 18.2 Å². The van der Waals surface area contributed by atoms with Crippen LogP contribution in [0.1, 0.15) is 51.8 Å². The molecule has 1 aromatic carbocycles. The van der Waals surface area contributed by atoms with Crippen LogP contribution >= 0.6 is 0 Å². The van der Waals surface area contributed by atoms with Crippen LogP contribution in [-0.2, 0) is 0 Å². The molecule has 0 aliphatic heterocycles. The van der Waals surface area contributed by atoms with E-state index in [-0.39, 0.29) is 0 Å². The third-order valence-electron chi connectivity index (χ3n) is 4.28. The van der Waals surface area contributed by atoms with Crippen LogP contribution in [0.3, 0.4) is 0 Å². The molecule has 1 aromatic rings. The summed E-state index contributed by atoms with van der Waals surface area (Å²) in [6.07, 6.45) is 0. The number of rotatable bonds is 6. The highest BCUT2D eigenvalue weighted by atomic mass is 16.5. The molecule has 0 aromatic heterocycles. The third-order valence-corrected chi connectivity index (χ3v) is 4.28. The van der Waals surface area contributed by atoms with E-state index in [0.717, 1.165) is 12.3 Å². The average Bonchev–Trinajstić information content (AvgIpc) is 2.35. The molecule has 108 valence electrons. The van der Waals surface area contributed by atoms with Crippen LogP contribution in [0, 0.1) is 18.3 Å². The van der Waals surface area contributed by atoms with Gasteiger partial charge in [-0.15, -0.1) is 0 Å². The Morgan fingerprint density at radius 1 is 1.21 bits per heavy atom. The number of nitrogens with one attached hydrogen (secondary N) is 1. The van der Waals surface area contributed by atoms with Gasteiger partial charge in [-0.25, -0.2) is 0 Å². The summed E-state index contributed by atoms with van der Waals surface area (Å²) in [5, 5.41) is 3.63. The fourth-order valence-electron chi connectivity index (χ4n) is 1.91. The summed E-state index contributed by atoms with van der Waals surface area (Å²) in [6, 6.07) is 6.70. The minimum absolute atomic E-state index is 0.298. The van der Waals surface area contributed by atoms with Crippen molar-refractivity contribution in [1.29, 1.82) is 0 Å². The largest absolute Gasteiger partial charge is 0.496 e. The number of hydrogen-bond donors (Lipinski definition) is 1. The molecule has 0 radical (unpaired) electrons. The number of benzene rings is 1. The minimum Gasteiger partial charge on any atom is -0.496 e. The molecule has 0 fully saturated rings. The predicted molar refractivity (Wildman–Crippen MR) is 82.8 cm³/mol. The summed E-state index contributed by atoms with van der Waals surface area (Å²) in [4.78, 5) is 0. The summed E-state index contributed by atoms with van der Waals surface area (Å²) in [5.74, 6) is 1.63. The maximum absolute atomic E-state index is 5.49. The van der Waals surface area contributed by atoms with Crippen molar-refractivity contribution in [3.63, 3.8) is 0 Å². The van der Waals surface area contributed by atoms with Gasteiger partial charge in [-0.1, -0.05) is 39.8 Å². The molecule has 0 aliphatic rings. The van der Waals surface area contributed by atoms with Crippen molar-refractivity contribution in [3.8, 4) is 5.75 Å². The van der Waals surface area contributed by atoms with Crippen molar-refractivity contribution in [2.24, 2.45) is 11.3 Å². The molecule has 0 aliphatic carbocycles. The Labute approximate surface area is 118 Å². The molecule has 1 atom stereocenters. The number of hydrogen-bond acceptors (Lipinski definition) is 2. The van der Waals surface area contributed by atoms with Gasteiger partial charge < -0.3 is 10.1 Å². The molecule has 0 saturated heterocycles.